The first-order chi connectivity index (χ1) is 10.2. The summed E-state index contributed by atoms with van der Waals surface area (Å²) in [6, 6.07) is 10.1. The average molecular weight is 278 g/mol. The molecule has 0 atom stereocenters. The van der Waals surface area contributed by atoms with E-state index in [4.69, 9.17) is 9.68 Å². The van der Waals surface area contributed by atoms with Crippen molar-refractivity contribution in [1.82, 2.24) is 9.97 Å². The van der Waals surface area contributed by atoms with Gasteiger partial charge in [0.25, 0.3) is 5.91 Å². The molecule has 2 aromatic heterocycles. The maximum atomic E-state index is 12.1. The number of oxazole rings is 1. The third-order valence-electron chi connectivity index (χ3n) is 2.89. The van der Waals surface area contributed by atoms with Crippen molar-refractivity contribution in [2.24, 2.45) is 0 Å². The monoisotopic (exact) mass is 278 g/mol. The fraction of sp³-hybridized carbons (Fsp3) is 0.0667. The van der Waals surface area contributed by atoms with Gasteiger partial charge in [-0.1, -0.05) is 0 Å². The molecule has 3 rings (SSSR count). The molecule has 21 heavy (non-hydrogen) atoms. The second-order valence-electron chi connectivity index (χ2n) is 4.41. The second kappa shape index (κ2) is 5.06. The van der Waals surface area contributed by atoms with Crippen molar-refractivity contribution < 1.29 is 9.21 Å². The van der Waals surface area contributed by atoms with Gasteiger partial charge in [-0.2, -0.15) is 5.26 Å². The lowest BCUT2D eigenvalue weighted by molar-refractivity contribution is 0.102. The number of nitrogens with zero attached hydrogens (tertiary/aromatic N) is 3. The summed E-state index contributed by atoms with van der Waals surface area (Å²) >= 11 is 0. The van der Waals surface area contributed by atoms with Gasteiger partial charge in [0, 0.05) is 24.4 Å². The molecular weight excluding hydrogens is 268 g/mol. The van der Waals surface area contributed by atoms with E-state index < -0.39 is 0 Å². The van der Waals surface area contributed by atoms with Crippen LogP contribution in [0.4, 0.5) is 5.69 Å². The number of carbonyl (C=O) groups is 1. The molecule has 0 aliphatic rings. The van der Waals surface area contributed by atoms with Crippen molar-refractivity contribution in [3.05, 3.63) is 53.7 Å². The highest BCUT2D eigenvalue weighted by Gasteiger charge is 2.09. The van der Waals surface area contributed by atoms with Crippen LogP contribution in [0.5, 0.6) is 0 Å². The van der Waals surface area contributed by atoms with Gasteiger partial charge in [-0.15, -0.1) is 0 Å². The predicted octanol–water partition coefficient (Wildman–Crippen LogP) is 2.66. The van der Waals surface area contributed by atoms with E-state index in [1.54, 1.807) is 31.2 Å². The van der Waals surface area contributed by atoms with Crippen LogP contribution in [-0.4, -0.2) is 15.9 Å². The standard InChI is InChI=1S/C15H10N4O2/c1-9-18-13-7-11(2-3-14(13)21-9)19-15(20)10-4-5-17-12(6-10)8-16/h2-7H,1H3,(H,19,20). The van der Waals surface area contributed by atoms with Crippen molar-refractivity contribution in [3.8, 4) is 6.07 Å². The molecule has 0 unspecified atom stereocenters. The number of pyridine rings is 1. The highest BCUT2D eigenvalue weighted by Crippen LogP contribution is 2.20. The van der Waals surface area contributed by atoms with Crippen LogP contribution in [0.3, 0.4) is 0 Å². The van der Waals surface area contributed by atoms with Gasteiger partial charge in [0.05, 0.1) is 0 Å². The first-order valence-corrected chi connectivity index (χ1v) is 6.20. The number of benzene rings is 1. The fourth-order valence-corrected chi connectivity index (χ4v) is 1.96. The molecule has 6 heteroatoms. The van der Waals surface area contributed by atoms with E-state index in [2.05, 4.69) is 15.3 Å². The topological polar surface area (TPSA) is 91.8 Å². The first kappa shape index (κ1) is 12.8. The molecule has 0 radical (unpaired) electrons. The summed E-state index contributed by atoms with van der Waals surface area (Å²) in [6.07, 6.45) is 1.43. The number of anilines is 1. The summed E-state index contributed by atoms with van der Waals surface area (Å²) < 4.78 is 5.37. The minimum absolute atomic E-state index is 0.199. The molecule has 0 fully saturated rings. The number of fused-ring (bicyclic) bond motifs is 1. The largest absolute Gasteiger partial charge is 0.441 e. The molecule has 3 aromatic rings. The molecule has 2 heterocycles. The molecule has 0 aliphatic heterocycles. The number of aryl methyl sites for hydroxylation is 1. The molecule has 0 saturated heterocycles. The van der Waals surface area contributed by atoms with Crippen LogP contribution in [0, 0.1) is 18.3 Å². The van der Waals surface area contributed by atoms with Gasteiger partial charge in [0.2, 0.25) is 0 Å². The van der Waals surface area contributed by atoms with E-state index in [9.17, 15) is 4.79 Å². The number of rotatable bonds is 2. The molecule has 0 aliphatic carbocycles. The van der Waals surface area contributed by atoms with E-state index in [1.807, 2.05) is 6.07 Å². The Hall–Kier alpha value is -3.20. The quantitative estimate of drug-likeness (QED) is 0.778. The molecule has 0 bridgehead atoms. The van der Waals surface area contributed by atoms with Gasteiger partial charge in [-0.3, -0.25) is 4.79 Å². The van der Waals surface area contributed by atoms with Crippen molar-refractivity contribution >= 4 is 22.7 Å². The first-order valence-electron chi connectivity index (χ1n) is 6.20. The Labute approximate surface area is 120 Å². The van der Waals surface area contributed by atoms with Crippen molar-refractivity contribution in [2.75, 3.05) is 5.32 Å². The second-order valence-corrected chi connectivity index (χ2v) is 4.41. The lowest BCUT2D eigenvalue weighted by Crippen LogP contribution is -2.12. The Morgan fingerprint density at radius 2 is 2.19 bits per heavy atom. The highest BCUT2D eigenvalue weighted by molar-refractivity contribution is 6.05. The van der Waals surface area contributed by atoms with Crippen molar-refractivity contribution in [3.63, 3.8) is 0 Å². The number of amides is 1. The molecule has 6 nitrogen and oxygen atoms in total. The number of nitrogens with one attached hydrogen (secondary N) is 1. The van der Waals surface area contributed by atoms with Gasteiger partial charge in [0.15, 0.2) is 11.5 Å². The van der Waals surface area contributed by atoms with Crippen LogP contribution < -0.4 is 5.32 Å². The summed E-state index contributed by atoms with van der Waals surface area (Å²) in [6.45, 7) is 1.76. The summed E-state index contributed by atoms with van der Waals surface area (Å²) in [5, 5.41) is 11.5. The predicted molar refractivity (Wildman–Crippen MR) is 75.7 cm³/mol. The number of hydrogen-bond donors (Lipinski definition) is 1. The smallest absolute Gasteiger partial charge is 0.255 e. The normalized spacial score (nSPS) is 10.3. The summed E-state index contributed by atoms with van der Waals surface area (Å²) in [5.74, 6) is 0.259. The van der Waals surface area contributed by atoms with E-state index >= 15 is 0 Å². The molecule has 1 N–H and O–H groups in total. The Morgan fingerprint density at radius 3 is 3.00 bits per heavy atom. The zero-order chi connectivity index (χ0) is 14.8. The van der Waals surface area contributed by atoms with Gasteiger partial charge >= 0.3 is 0 Å². The van der Waals surface area contributed by atoms with E-state index in [0.717, 1.165) is 0 Å². The Kier molecular flexibility index (Phi) is 3.09. The molecular formula is C15H10N4O2. The lowest BCUT2D eigenvalue weighted by atomic mass is 10.2. The third-order valence-corrected chi connectivity index (χ3v) is 2.89. The SMILES string of the molecule is Cc1nc2cc(NC(=O)c3ccnc(C#N)c3)ccc2o1. The average Bonchev–Trinajstić information content (AvgIpc) is 2.86. The van der Waals surface area contributed by atoms with E-state index in [1.165, 1.54) is 12.3 Å². The van der Waals surface area contributed by atoms with Crippen LogP contribution in [0.2, 0.25) is 0 Å². The number of aromatic nitrogens is 2. The zero-order valence-corrected chi connectivity index (χ0v) is 11.1. The van der Waals surface area contributed by atoms with Gasteiger partial charge < -0.3 is 9.73 Å². The van der Waals surface area contributed by atoms with Crippen LogP contribution in [0.25, 0.3) is 11.1 Å². The Morgan fingerprint density at radius 1 is 1.33 bits per heavy atom. The molecule has 0 spiro atoms. The van der Waals surface area contributed by atoms with Crippen molar-refractivity contribution in [2.45, 2.75) is 6.92 Å². The van der Waals surface area contributed by atoms with E-state index in [-0.39, 0.29) is 11.6 Å². The minimum Gasteiger partial charge on any atom is -0.441 e. The summed E-state index contributed by atoms with van der Waals surface area (Å²) in [5.41, 5.74) is 2.53. The molecule has 102 valence electrons. The third kappa shape index (κ3) is 2.58. The molecule has 1 amide bonds. The fourth-order valence-electron chi connectivity index (χ4n) is 1.96. The summed E-state index contributed by atoms with van der Waals surface area (Å²) in [7, 11) is 0. The summed E-state index contributed by atoms with van der Waals surface area (Å²) in [4.78, 5) is 20.2. The molecule has 0 saturated carbocycles. The number of hydrogen-bond acceptors (Lipinski definition) is 5. The molecule has 1 aromatic carbocycles. The highest BCUT2D eigenvalue weighted by atomic mass is 16.3. The van der Waals surface area contributed by atoms with Gasteiger partial charge in [-0.05, 0) is 30.3 Å². The number of carbonyl (C=O) groups excluding carboxylic acids is 1. The maximum absolute atomic E-state index is 12.1. The van der Waals surface area contributed by atoms with Crippen molar-refractivity contribution in [1.29, 1.82) is 5.26 Å². The maximum Gasteiger partial charge on any atom is 0.255 e. The Bertz CT molecular complexity index is 877. The van der Waals surface area contributed by atoms with Crippen LogP contribution >= 0.6 is 0 Å². The van der Waals surface area contributed by atoms with Gasteiger partial charge in [0.1, 0.15) is 17.3 Å². The van der Waals surface area contributed by atoms with Crippen LogP contribution in [0.15, 0.2) is 40.9 Å². The van der Waals surface area contributed by atoms with Crippen LogP contribution in [-0.2, 0) is 0 Å². The lowest BCUT2D eigenvalue weighted by Gasteiger charge is -2.04. The van der Waals surface area contributed by atoms with Gasteiger partial charge in [-0.25, -0.2) is 9.97 Å². The van der Waals surface area contributed by atoms with Crippen LogP contribution in [0.1, 0.15) is 21.9 Å². The zero-order valence-electron chi connectivity index (χ0n) is 11.1. The number of nitriles is 1. The minimum atomic E-state index is -0.312. The Balaban J connectivity index is 1.87. The van der Waals surface area contributed by atoms with E-state index in [0.29, 0.717) is 28.2 Å².